The van der Waals surface area contributed by atoms with Gasteiger partial charge in [-0.25, -0.2) is 0 Å². The maximum Gasteiger partial charge on any atom is 0.306 e. The lowest BCUT2D eigenvalue weighted by Gasteiger charge is -2.18. The molecule has 0 aromatic heterocycles. The van der Waals surface area contributed by atoms with Crippen LogP contribution in [0.1, 0.15) is 206 Å². The molecule has 0 rings (SSSR count). The Balaban J connectivity index is 4.04. The van der Waals surface area contributed by atoms with E-state index in [1.165, 1.54) is 116 Å². The Morgan fingerprint density at radius 2 is 0.878 bits per heavy atom. The third-order valence-electron chi connectivity index (χ3n) is 8.24. The van der Waals surface area contributed by atoms with Crippen LogP contribution in [0.2, 0.25) is 0 Å². The van der Waals surface area contributed by atoms with E-state index in [1.54, 1.807) is 0 Å². The van der Waals surface area contributed by atoms with Crippen LogP contribution in [0.4, 0.5) is 0 Å². The lowest BCUT2D eigenvalue weighted by molar-refractivity contribution is -0.150. The largest absolute Gasteiger partial charge is 0.481 e. The average molecular weight is 579 g/mol. The summed E-state index contributed by atoms with van der Waals surface area (Å²) < 4.78 is 5.97. The zero-order valence-electron chi connectivity index (χ0n) is 27.6. The van der Waals surface area contributed by atoms with E-state index in [2.05, 4.69) is 26.0 Å². The number of esters is 1. The molecule has 4 nitrogen and oxygen atoms in total. The van der Waals surface area contributed by atoms with Gasteiger partial charge >= 0.3 is 11.9 Å². The van der Waals surface area contributed by atoms with Crippen LogP contribution >= 0.6 is 0 Å². The quantitative estimate of drug-likeness (QED) is 0.0478. The normalized spacial score (nSPS) is 12.2. The number of aliphatic carboxylic acids is 1. The molecular formula is C37H70O4. The molecule has 0 saturated heterocycles. The van der Waals surface area contributed by atoms with E-state index in [0.29, 0.717) is 6.42 Å². The third-order valence-corrected chi connectivity index (χ3v) is 8.24. The van der Waals surface area contributed by atoms with Crippen molar-refractivity contribution in [2.24, 2.45) is 0 Å². The van der Waals surface area contributed by atoms with Crippen LogP contribution in [-0.2, 0) is 14.3 Å². The number of ether oxygens (including phenoxy) is 1. The van der Waals surface area contributed by atoms with Crippen LogP contribution < -0.4 is 0 Å². The van der Waals surface area contributed by atoms with Crippen LogP contribution in [0.25, 0.3) is 0 Å². The summed E-state index contributed by atoms with van der Waals surface area (Å²) in [6.45, 7) is 4.53. The van der Waals surface area contributed by atoms with Crippen molar-refractivity contribution in [2.45, 2.75) is 213 Å². The lowest BCUT2D eigenvalue weighted by atomic mass is 10.0. The number of allylic oxidation sites excluding steroid dienone is 2. The van der Waals surface area contributed by atoms with E-state index in [0.717, 1.165) is 64.2 Å². The molecule has 0 aliphatic carbocycles. The molecule has 0 aromatic carbocycles. The standard InChI is InChI=1S/C37H70O4/c1-3-5-7-9-11-13-15-16-17-19-21-26-30-34-37(40)41-35(32-28-24-22-25-29-33-36(38)39)31-27-23-20-18-14-12-10-8-6-4-2/h13,15,35H,3-12,14,16-34H2,1-2H3,(H,38,39)/b15-13-. The molecular weight excluding hydrogens is 508 g/mol. The third kappa shape index (κ3) is 33.1. The summed E-state index contributed by atoms with van der Waals surface area (Å²) >= 11 is 0. The SMILES string of the molecule is CCCCCC/C=C\CCCCCCCC(=O)OC(CCCCCCCCCCCC)CCCCCCCC(=O)O. The second-order valence-corrected chi connectivity index (χ2v) is 12.4. The molecule has 0 saturated carbocycles. The topological polar surface area (TPSA) is 63.6 Å². The minimum Gasteiger partial charge on any atom is -0.481 e. The fourth-order valence-electron chi connectivity index (χ4n) is 5.53. The van der Waals surface area contributed by atoms with Crippen LogP contribution in [0, 0.1) is 0 Å². The van der Waals surface area contributed by atoms with Crippen molar-refractivity contribution >= 4 is 11.9 Å². The minimum atomic E-state index is -0.700. The van der Waals surface area contributed by atoms with Gasteiger partial charge in [0.25, 0.3) is 0 Å². The number of hydrogen-bond donors (Lipinski definition) is 1. The highest BCUT2D eigenvalue weighted by atomic mass is 16.5. The number of unbranched alkanes of at least 4 members (excludes halogenated alkanes) is 22. The van der Waals surface area contributed by atoms with E-state index in [1.807, 2.05) is 0 Å². The van der Waals surface area contributed by atoms with Crippen molar-refractivity contribution < 1.29 is 19.4 Å². The summed E-state index contributed by atoms with van der Waals surface area (Å²) in [5, 5.41) is 8.79. The molecule has 242 valence electrons. The molecule has 0 heterocycles. The van der Waals surface area contributed by atoms with E-state index in [-0.39, 0.29) is 18.5 Å². The van der Waals surface area contributed by atoms with Gasteiger partial charge in [0, 0.05) is 12.8 Å². The van der Waals surface area contributed by atoms with Crippen LogP contribution in [0.5, 0.6) is 0 Å². The van der Waals surface area contributed by atoms with Crippen LogP contribution in [0.15, 0.2) is 12.2 Å². The summed E-state index contributed by atoms with van der Waals surface area (Å²) in [6.07, 6.45) is 39.3. The van der Waals surface area contributed by atoms with Gasteiger partial charge in [0.2, 0.25) is 0 Å². The van der Waals surface area contributed by atoms with Crippen molar-refractivity contribution in [2.75, 3.05) is 0 Å². The highest BCUT2D eigenvalue weighted by Crippen LogP contribution is 2.19. The highest BCUT2D eigenvalue weighted by molar-refractivity contribution is 5.69. The van der Waals surface area contributed by atoms with Gasteiger partial charge in [-0.05, 0) is 64.2 Å². The van der Waals surface area contributed by atoms with E-state index in [9.17, 15) is 9.59 Å². The Bertz CT molecular complexity index is 585. The molecule has 1 unspecified atom stereocenters. The Kier molecular flexibility index (Phi) is 32.1. The molecule has 0 bridgehead atoms. The van der Waals surface area contributed by atoms with Gasteiger partial charge in [0.1, 0.15) is 6.10 Å². The maximum atomic E-state index is 12.6. The second-order valence-electron chi connectivity index (χ2n) is 12.4. The molecule has 1 atom stereocenters. The summed E-state index contributed by atoms with van der Waals surface area (Å²) in [7, 11) is 0. The first-order chi connectivity index (χ1) is 20.1. The van der Waals surface area contributed by atoms with Crippen LogP contribution in [-0.4, -0.2) is 23.1 Å². The zero-order chi connectivity index (χ0) is 30.1. The van der Waals surface area contributed by atoms with Crippen molar-refractivity contribution in [3.63, 3.8) is 0 Å². The number of carbonyl (C=O) groups is 2. The molecule has 0 spiro atoms. The van der Waals surface area contributed by atoms with Gasteiger partial charge in [0.05, 0.1) is 0 Å². The van der Waals surface area contributed by atoms with E-state index >= 15 is 0 Å². The Hall–Kier alpha value is -1.32. The summed E-state index contributed by atoms with van der Waals surface area (Å²) in [5.41, 5.74) is 0. The number of carboxylic acid groups (broad SMARTS) is 1. The molecule has 0 aliphatic heterocycles. The maximum absolute atomic E-state index is 12.6. The molecule has 0 fully saturated rings. The predicted molar refractivity (Wildman–Crippen MR) is 177 cm³/mol. The smallest absolute Gasteiger partial charge is 0.306 e. The second kappa shape index (κ2) is 33.2. The molecule has 41 heavy (non-hydrogen) atoms. The predicted octanol–water partition coefficient (Wildman–Crippen LogP) is 12.3. The molecule has 1 N–H and O–H groups in total. The Morgan fingerprint density at radius 3 is 1.34 bits per heavy atom. The monoisotopic (exact) mass is 579 g/mol. The van der Waals surface area contributed by atoms with Gasteiger partial charge in [-0.1, -0.05) is 142 Å². The number of hydrogen-bond acceptors (Lipinski definition) is 3. The van der Waals surface area contributed by atoms with Gasteiger partial charge in [-0.2, -0.15) is 0 Å². The lowest BCUT2D eigenvalue weighted by Crippen LogP contribution is -2.18. The first-order valence-electron chi connectivity index (χ1n) is 18.2. The van der Waals surface area contributed by atoms with Crippen molar-refractivity contribution in [1.82, 2.24) is 0 Å². The highest BCUT2D eigenvalue weighted by Gasteiger charge is 2.14. The van der Waals surface area contributed by atoms with Gasteiger partial charge in [-0.3, -0.25) is 9.59 Å². The summed E-state index contributed by atoms with van der Waals surface area (Å²) in [6, 6.07) is 0. The first kappa shape index (κ1) is 39.7. The van der Waals surface area contributed by atoms with E-state index in [4.69, 9.17) is 9.84 Å². The van der Waals surface area contributed by atoms with Crippen LogP contribution in [0.3, 0.4) is 0 Å². The van der Waals surface area contributed by atoms with E-state index < -0.39 is 5.97 Å². The Morgan fingerprint density at radius 1 is 0.512 bits per heavy atom. The van der Waals surface area contributed by atoms with Crippen molar-refractivity contribution in [3.8, 4) is 0 Å². The van der Waals surface area contributed by atoms with Gasteiger partial charge < -0.3 is 9.84 Å². The molecule has 4 heteroatoms. The fraction of sp³-hybridized carbons (Fsp3) is 0.892. The van der Waals surface area contributed by atoms with Crippen molar-refractivity contribution in [3.05, 3.63) is 12.2 Å². The number of rotatable bonds is 33. The molecule has 0 aromatic rings. The summed E-state index contributed by atoms with van der Waals surface area (Å²) in [4.78, 5) is 23.3. The molecule has 0 radical (unpaired) electrons. The number of carbonyl (C=O) groups excluding carboxylic acids is 1. The Labute approximate surface area is 255 Å². The molecule has 0 aliphatic rings. The fourth-order valence-corrected chi connectivity index (χ4v) is 5.53. The average Bonchev–Trinajstić information content (AvgIpc) is 2.95. The number of carboxylic acids is 1. The van der Waals surface area contributed by atoms with Gasteiger partial charge in [-0.15, -0.1) is 0 Å². The van der Waals surface area contributed by atoms with Gasteiger partial charge in [0.15, 0.2) is 0 Å². The van der Waals surface area contributed by atoms with Crippen molar-refractivity contribution in [1.29, 1.82) is 0 Å². The summed E-state index contributed by atoms with van der Waals surface area (Å²) in [5.74, 6) is -0.705. The minimum absolute atomic E-state index is 0.00505. The zero-order valence-corrected chi connectivity index (χ0v) is 27.6. The first-order valence-corrected chi connectivity index (χ1v) is 18.2. The molecule has 0 amide bonds.